The minimum Gasteiger partial charge on any atom is -0.469 e. The maximum absolute atomic E-state index is 11.6. The number of hydrogen-bond acceptors (Lipinski definition) is 2. The minimum atomic E-state index is -0.168. The molecule has 0 heterocycles. The number of rotatable bonds is 3. The summed E-state index contributed by atoms with van der Waals surface area (Å²) in [4.78, 5) is 11.6. The van der Waals surface area contributed by atoms with E-state index < -0.39 is 0 Å². The lowest BCUT2D eigenvalue weighted by Gasteiger charge is -2.15. The van der Waals surface area contributed by atoms with Crippen molar-refractivity contribution in [2.75, 3.05) is 7.11 Å². The van der Waals surface area contributed by atoms with Gasteiger partial charge < -0.3 is 4.74 Å². The fraction of sp³-hybridized carbons (Fsp3) is 0.417. The normalized spacial score (nSPS) is 12.3. The van der Waals surface area contributed by atoms with Gasteiger partial charge in [-0.05, 0) is 36.6 Å². The van der Waals surface area contributed by atoms with Crippen molar-refractivity contribution in [3.05, 3.63) is 33.8 Å². The van der Waals surface area contributed by atoms with Crippen molar-refractivity contribution in [2.45, 2.75) is 26.2 Å². The average molecular weight is 271 g/mol. The molecule has 0 aromatic heterocycles. The third kappa shape index (κ3) is 2.81. The predicted molar refractivity (Wildman–Crippen MR) is 63.9 cm³/mol. The number of methoxy groups -OCH3 is 1. The smallest absolute Gasteiger partial charge is 0.313 e. The van der Waals surface area contributed by atoms with Crippen molar-refractivity contribution in [1.29, 1.82) is 0 Å². The second-order valence-electron chi connectivity index (χ2n) is 3.48. The van der Waals surface area contributed by atoms with Gasteiger partial charge in [0, 0.05) is 4.47 Å². The van der Waals surface area contributed by atoms with E-state index in [9.17, 15) is 4.79 Å². The van der Waals surface area contributed by atoms with Crippen molar-refractivity contribution >= 4 is 21.9 Å². The molecule has 0 aliphatic heterocycles. The third-order valence-corrected chi connectivity index (χ3v) is 3.00. The molecule has 0 aliphatic carbocycles. The zero-order chi connectivity index (χ0) is 11.4. The first-order valence-corrected chi connectivity index (χ1v) is 5.73. The number of hydrogen-bond donors (Lipinski definition) is 0. The summed E-state index contributed by atoms with van der Waals surface area (Å²) in [6, 6.07) is 5.97. The number of esters is 1. The molecule has 0 radical (unpaired) electrons. The standard InChI is InChI=1S/C12H15BrO2/c1-4-10(12(14)15-3)11-7-9(13)6-5-8(11)2/h5-7,10H,4H2,1-3H3. The molecule has 0 saturated heterocycles. The van der Waals surface area contributed by atoms with Crippen LogP contribution in [-0.2, 0) is 9.53 Å². The average Bonchev–Trinajstić information content (AvgIpc) is 2.23. The highest BCUT2D eigenvalue weighted by atomic mass is 79.9. The van der Waals surface area contributed by atoms with Gasteiger partial charge in [0.15, 0.2) is 0 Å². The summed E-state index contributed by atoms with van der Waals surface area (Å²) in [7, 11) is 1.43. The Hall–Kier alpha value is -0.830. The zero-order valence-corrected chi connectivity index (χ0v) is 10.8. The van der Waals surface area contributed by atoms with Crippen molar-refractivity contribution in [2.24, 2.45) is 0 Å². The van der Waals surface area contributed by atoms with Crippen molar-refractivity contribution in [1.82, 2.24) is 0 Å². The molecule has 2 nitrogen and oxygen atoms in total. The van der Waals surface area contributed by atoms with E-state index in [0.717, 1.165) is 22.0 Å². The predicted octanol–water partition coefficient (Wildman–Crippen LogP) is 3.42. The van der Waals surface area contributed by atoms with Gasteiger partial charge in [-0.15, -0.1) is 0 Å². The van der Waals surface area contributed by atoms with E-state index in [1.807, 2.05) is 32.0 Å². The Labute approximate surface area is 98.8 Å². The van der Waals surface area contributed by atoms with E-state index in [1.165, 1.54) is 7.11 Å². The second kappa shape index (κ2) is 5.31. The zero-order valence-electron chi connectivity index (χ0n) is 9.21. The van der Waals surface area contributed by atoms with Crippen LogP contribution in [0.3, 0.4) is 0 Å². The van der Waals surface area contributed by atoms with Crippen LogP contribution in [0, 0.1) is 6.92 Å². The topological polar surface area (TPSA) is 26.3 Å². The van der Waals surface area contributed by atoms with Crippen LogP contribution >= 0.6 is 15.9 Å². The summed E-state index contributed by atoms with van der Waals surface area (Å²) >= 11 is 3.41. The molecule has 0 saturated carbocycles. The van der Waals surface area contributed by atoms with Crippen molar-refractivity contribution in [3.8, 4) is 0 Å². The van der Waals surface area contributed by atoms with Crippen molar-refractivity contribution in [3.63, 3.8) is 0 Å². The van der Waals surface area contributed by atoms with Gasteiger partial charge in [0.25, 0.3) is 0 Å². The number of carbonyl (C=O) groups is 1. The molecule has 1 aromatic carbocycles. The summed E-state index contributed by atoms with van der Waals surface area (Å²) in [5.41, 5.74) is 2.16. The summed E-state index contributed by atoms with van der Waals surface area (Å²) < 4.78 is 5.79. The lowest BCUT2D eigenvalue weighted by molar-refractivity contribution is -0.142. The third-order valence-electron chi connectivity index (χ3n) is 2.51. The van der Waals surface area contributed by atoms with Crippen LogP contribution < -0.4 is 0 Å². The molecule has 0 bridgehead atoms. The van der Waals surface area contributed by atoms with Crippen molar-refractivity contribution < 1.29 is 9.53 Å². The molecule has 0 amide bonds. The maximum atomic E-state index is 11.6. The summed E-state index contributed by atoms with van der Waals surface area (Å²) in [5, 5.41) is 0. The molecule has 1 atom stereocenters. The molecule has 1 unspecified atom stereocenters. The second-order valence-corrected chi connectivity index (χ2v) is 4.40. The SMILES string of the molecule is CCC(C(=O)OC)c1cc(Br)ccc1C. The van der Waals surface area contributed by atoms with Gasteiger partial charge >= 0.3 is 5.97 Å². The highest BCUT2D eigenvalue weighted by Gasteiger charge is 2.20. The Morgan fingerprint density at radius 2 is 2.20 bits per heavy atom. The molecule has 3 heteroatoms. The van der Waals surface area contributed by atoms with E-state index in [2.05, 4.69) is 15.9 Å². The van der Waals surface area contributed by atoms with Crippen LogP contribution in [0.4, 0.5) is 0 Å². The van der Waals surface area contributed by atoms with E-state index >= 15 is 0 Å². The lowest BCUT2D eigenvalue weighted by atomic mass is 9.93. The Morgan fingerprint density at radius 3 is 2.73 bits per heavy atom. The van der Waals surface area contributed by atoms with E-state index in [-0.39, 0.29) is 11.9 Å². The molecule has 0 aliphatic rings. The van der Waals surface area contributed by atoms with Crippen LogP contribution in [-0.4, -0.2) is 13.1 Å². The number of aryl methyl sites for hydroxylation is 1. The quantitative estimate of drug-likeness (QED) is 0.787. The number of halogens is 1. The van der Waals surface area contributed by atoms with E-state index in [4.69, 9.17) is 4.74 Å². The molecular weight excluding hydrogens is 256 g/mol. The van der Waals surface area contributed by atoms with E-state index in [0.29, 0.717) is 0 Å². The first kappa shape index (κ1) is 12.2. The van der Waals surface area contributed by atoms with Crippen LogP contribution in [0.5, 0.6) is 0 Å². The lowest BCUT2D eigenvalue weighted by Crippen LogP contribution is -2.14. The first-order chi connectivity index (χ1) is 7.10. The van der Waals surface area contributed by atoms with Crippen LogP contribution in [0.25, 0.3) is 0 Å². The molecule has 0 fully saturated rings. The minimum absolute atomic E-state index is 0.160. The van der Waals surface area contributed by atoms with E-state index in [1.54, 1.807) is 0 Å². The first-order valence-electron chi connectivity index (χ1n) is 4.94. The number of ether oxygens (including phenoxy) is 1. The summed E-state index contributed by atoms with van der Waals surface area (Å²) in [6.45, 7) is 4.00. The fourth-order valence-electron chi connectivity index (χ4n) is 1.64. The highest BCUT2D eigenvalue weighted by Crippen LogP contribution is 2.27. The molecule has 82 valence electrons. The number of carbonyl (C=O) groups excluding carboxylic acids is 1. The molecule has 0 spiro atoms. The maximum Gasteiger partial charge on any atom is 0.313 e. The molecule has 1 rings (SSSR count). The largest absolute Gasteiger partial charge is 0.469 e. The molecule has 0 N–H and O–H groups in total. The Balaban J connectivity index is 3.11. The molecular formula is C12H15BrO2. The summed E-state index contributed by atoms with van der Waals surface area (Å²) in [5.74, 6) is -0.328. The van der Waals surface area contributed by atoms with Gasteiger partial charge in [0.1, 0.15) is 0 Å². The van der Waals surface area contributed by atoms with Gasteiger partial charge in [-0.1, -0.05) is 28.9 Å². The fourth-order valence-corrected chi connectivity index (χ4v) is 2.02. The van der Waals surface area contributed by atoms with Crippen LogP contribution in [0.2, 0.25) is 0 Å². The monoisotopic (exact) mass is 270 g/mol. The molecule has 1 aromatic rings. The summed E-state index contributed by atoms with van der Waals surface area (Å²) in [6.07, 6.45) is 0.754. The van der Waals surface area contributed by atoms with Gasteiger partial charge in [-0.2, -0.15) is 0 Å². The number of benzene rings is 1. The van der Waals surface area contributed by atoms with Gasteiger partial charge in [0.2, 0.25) is 0 Å². The van der Waals surface area contributed by atoms with Crippen LogP contribution in [0.1, 0.15) is 30.4 Å². The van der Waals surface area contributed by atoms with Gasteiger partial charge in [-0.3, -0.25) is 4.79 Å². The molecule has 15 heavy (non-hydrogen) atoms. The van der Waals surface area contributed by atoms with Gasteiger partial charge in [-0.25, -0.2) is 0 Å². The Kier molecular flexibility index (Phi) is 4.33. The highest BCUT2D eigenvalue weighted by molar-refractivity contribution is 9.10. The van der Waals surface area contributed by atoms with Gasteiger partial charge in [0.05, 0.1) is 13.0 Å². The van der Waals surface area contributed by atoms with Crippen LogP contribution in [0.15, 0.2) is 22.7 Å². The Morgan fingerprint density at radius 1 is 1.53 bits per heavy atom. The Bertz CT molecular complexity index is 361.